The van der Waals surface area contributed by atoms with Crippen LogP contribution >= 0.6 is 0 Å². The molecule has 102 valence electrons. The zero-order chi connectivity index (χ0) is 14.5. The van der Waals surface area contributed by atoms with Gasteiger partial charge in [-0.2, -0.15) is 0 Å². The zero-order valence-electron chi connectivity index (χ0n) is 11.8. The standard InChI is InChI=1S/C20H12N2/c1-2-6-14-10-17-16(9-13(14)5-1)12-21-19-11-15-7-3-4-8-18(15)22-20(17)19/h1-12H. The molecule has 2 nitrogen and oxygen atoms in total. The van der Waals surface area contributed by atoms with E-state index in [9.17, 15) is 0 Å². The average Bonchev–Trinajstić information content (AvgIpc) is 2.58. The molecule has 22 heavy (non-hydrogen) atoms. The van der Waals surface area contributed by atoms with Crippen LogP contribution in [0.4, 0.5) is 0 Å². The molecular formula is C20H12N2. The normalized spacial score (nSPS) is 11.6. The van der Waals surface area contributed by atoms with Crippen molar-refractivity contribution in [3.63, 3.8) is 0 Å². The molecule has 5 rings (SSSR count). The molecule has 0 radical (unpaired) electrons. The van der Waals surface area contributed by atoms with Crippen LogP contribution in [0.5, 0.6) is 0 Å². The second-order valence-corrected chi connectivity index (χ2v) is 5.59. The van der Waals surface area contributed by atoms with Crippen molar-refractivity contribution >= 4 is 43.5 Å². The van der Waals surface area contributed by atoms with E-state index in [0.29, 0.717) is 0 Å². The fourth-order valence-electron chi connectivity index (χ4n) is 3.11. The summed E-state index contributed by atoms with van der Waals surface area (Å²) in [4.78, 5) is 9.45. The van der Waals surface area contributed by atoms with Gasteiger partial charge in [0.15, 0.2) is 0 Å². The Morgan fingerprint density at radius 3 is 2.18 bits per heavy atom. The Labute approximate surface area is 127 Å². The van der Waals surface area contributed by atoms with E-state index in [4.69, 9.17) is 4.98 Å². The molecule has 2 heteroatoms. The first kappa shape index (κ1) is 11.6. The van der Waals surface area contributed by atoms with Crippen LogP contribution in [0, 0.1) is 0 Å². The number of para-hydroxylation sites is 1. The van der Waals surface area contributed by atoms with Crippen molar-refractivity contribution in [3.05, 3.63) is 72.9 Å². The first-order valence-electron chi connectivity index (χ1n) is 7.35. The van der Waals surface area contributed by atoms with E-state index in [-0.39, 0.29) is 0 Å². The number of benzene rings is 3. The second-order valence-electron chi connectivity index (χ2n) is 5.59. The minimum absolute atomic E-state index is 0.946. The Bertz CT molecular complexity index is 1080. The van der Waals surface area contributed by atoms with Crippen molar-refractivity contribution in [3.8, 4) is 0 Å². The van der Waals surface area contributed by atoms with Crippen LogP contribution < -0.4 is 0 Å². The number of nitrogens with zero attached hydrogens (tertiary/aromatic N) is 2. The summed E-state index contributed by atoms with van der Waals surface area (Å²) in [7, 11) is 0. The van der Waals surface area contributed by atoms with Crippen LogP contribution in [0.25, 0.3) is 43.5 Å². The predicted molar refractivity (Wildman–Crippen MR) is 92.1 cm³/mol. The van der Waals surface area contributed by atoms with Gasteiger partial charge in [-0.15, -0.1) is 0 Å². The number of aromatic nitrogens is 2. The number of fused-ring (bicyclic) bond motifs is 5. The third-order valence-electron chi connectivity index (χ3n) is 4.22. The first-order valence-corrected chi connectivity index (χ1v) is 7.35. The van der Waals surface area contributed by atoms with Crippen molar-refractivity contribution in [2.75, 3.05) is 0 Å². The van der Waals surface area contributed by atoms with Gasteiger partial charge < -0.3 is 0 Å². The van der Waals surface area contributed by atoms with Crippen molar-refractivity contribution in [2.45, 2.75) is 0 Å². The molecule has 0 spiro atoms. The molecule has 0 unspecified atom stereocenters. The molecule has 0 saturated heterocycles. The highest BCUT2D eigenvalue weighted by Gasteiger charge is 2.06. The van der Waals surface area contributed by atoms with Gasteiger partial charge in [-0.05, 0) is 35.0 Å². The van der Waals surface area contributed by atoms with Gasteiger partial charge in [0, 0.05) is 22.4 Å². The lowest BCUT2D eigenvalue weighted by Crippen LogP contribution is -1.88. The van der Waals surface area contributed by atoms with Crippen molar-refractivity contribution in [1.29, 1.82) is 0 Å². The summed E-state index contributed by atoms with van der Waals surface area (Å²) in [5, 5.41) is 5.89. The van der Waals surface area contributed by atoms with Crippen LogP contribution in [-0.4, -0.2) is 9.97 Å². The van der Waals surface area contributed by atoms with Crippen molar-refractivity contribution in [2.24, 2.45) is 0 Å². The second kappa shape index (κ2) is 4.25. The number of hydrogen-bond acceptors (Lipinski definition) is 2. The number of pyridine rings is 2. The highest BCUT2D eigenvalue weighted by Crippen LogP contribution is 2.28. The Kier molecular flexibility index (Phi) is 2.25. The summed E-state index contributed by atoms with van der Waals surface area (Å²) in [6.45, 7) is 0. The summed E-state index contributed by atoms with van der Waals surface area (Å²) in [5.41, 5.74) is 2.93. The predicted octanol–water partition coefficient (Wildman–Crippen LogP) is 5.09. The number of hydrogen-bond donors (Lipinski definition) is 0. The minimum Gasteiger partial charge on any atom is -0.254 e. The van der Waals surface area contributed by atoms with Gasteiger partial charge in [0.25, 0.3) is 0 Å². The lowest BCUT2D eigenvalue weighted by atomic mass is 10.0. The van der Waals surface area contributed by atoms with Crippen LogP contribution in [0.2, 0.25) is 0 Å². The monoisotopic (exact) mass is 280 g/mol. The average molecular weight is 280 g/mol. The third-order valence-corrected chi connectivity index (χ3v) is 4.22. The Balaban J connectivity index is 2.00. The van der Waals surface area contributed by atoms with Gasteiger partial charge in [-0.1, -0.05) is 42.5 Å². The van der Waals surface area contributed by atoms with Crippen LogP contribution in [-0.2, 0) is 0 Å². The highest BCUT2D eigenvalue weighted by molar-refractivity contribution is 6.10. The first-order chi connectivity index (χ1) is 10.9. The van der Waals surface area contributed by atoms with E-state index < -0.39 is 0 Å². The van der Waals surface area contributed by atoms with Gasteiger partial charge in [0.2, 0.25) is 0 Å². The maximum absolute atomic E-state index is 4.85. The molecule has 2 aromatic heterocycles. The van der Waals surface area contributed by atoms with E-state index >= 15 is 0 Å². The molecule has 0 amide bonds. The van der Waals surface area contributed by atoms with Crippen molar-refractivity contribution < 1.29 is 0 Å². The zero-order valence-corrected chi connectivity index (χ0v) is 11.8. The van der Waals surface area contributed by atoms with Crippen LogP contribution in [0.15, 0.2) is 72.9 Å². The molecule has 0 aliphatic rings. The quantitative estimate of drug-likeness (QED) is 0.292. The fourth-order valence-corrected chi connectivity index (χ4v) is 3.11. The topological polar surface area (TPSA) is 25.8 Å². The molecule has 0 saturated carbocycles. The van der Waals surface area contributed by atoms with Crippen LogP contribution in [0.1, 0.15) is 0 Å². The lowest BCUT2D eigenvalue weighted by molar-refractivity contribution is 1.41. The summed E-state index contributed by atoms with van der Waals surface area (Å²) < 4.78 is 0. The Morgan fingerprint density at radius 1 is 0.591 bits per heavy atom. The highest BCUT2D eigenvalue weighted by atomic mass is 14.8. The number of rotatable bonds is 0. The Morgan fingerprint density at radius 2 is 1.32 bits per heavy atom. The maximum Gasteiger partial charge on any atom is 0.0972 e. The lowest BCUT2D eigenvalue weighted by Gasteiger charge is -2.06. The summed E-state index contributed by atoms with van der Waals surface area (Å²) in [6.07, 6.45) is 1.94. The molecule has 0 aliphatic carbocycles. The fraction of sp³-hybridized carbons (Fsp3) is 0. The van der Waals surface area contributed by atoms with E-state index in [2.05, 4.69) is 59.6 Å². The van der Waals surface area contributed by atoms with Gasteiger partial charge in [-0.3, -0.25) is 4.98 Å². The minimum atomic E-state index is 0.946. The molecule has 0 fully saturated rings. The van der Waals surface area contributed by atoms with E-state index in [0.717, 1.165) is 32.7 Å². The molecule has 0 aliphatic heterocycles. The van der Waals surface area contributed by atoms with Gasteiger partial charge in [-0.25, -0.2) is 4.98 Å². The van der Waals surface area contributed by atoms with E-state index in [1.54, 1.807) is 0 Å². The van der Waals surface area contributed by atoms with Crippen molar-refractivity contribution in [1.82, 2.24) is 9.97 Å². The van der Waals surface area contributed by atoms with Gasteiger partial charge in [0.05, 0.1) is 16.6 Å². The largest absolute Gasteiger partial charge is 0.254 e. The maximum atomic E-state index is 4.85. The summed E-state index contributed by atoms with van der Waals surface area (Å²) >= 11 is 0. The molecule has 0 bridgehead atoms. The molecule has 3 aromatic carbocycles. The van der Waals surface area contributed by atoms with Gasteiger partial charge in [0.1, 0.15) is 0 Å². The van der Waals surface area contributed by atoms with E-state index in [1.165, 1.54) is 10.8 Å². The van der Waals surface area contributed by atoms with E-state index in [1.807, 2.05) is 18.3 Å². The third kappa shape index (κ3) is 1.61. The Hall–Kier alpha value is -3.00. The summed E-state index contributed by atoms with van der Waals surface area (Å²) in [5.74, 6) is 0. The summed E-state index contributed by atoms with van der Waals surface area (Å²) in [6, 6.07) is 23.1. The smallest absolute Gasteiger partial charge is 0.0972 e. The molecule has 0 N–H and O–H groups in total. The van der Waals surface area contributed by atoms with Crippen LogP contribution in [0.3, 0.4) is 0 Å². The SMILES string of the molecule is c1ccc2cc3c(cnc4cc5ccccc5nc43)cc2c1. The molecular weight excluding hydrogens is 268 g/mol. The molecule has 2 heterocycles. The molecule has 5 aromatic rings. The molecule has 0 atom stereocenters. The van der Waals surface area contributed by atoms with Gasteiger partial charge >= 0.3 is 0 Å².